The summed E-state index contributed by atoms with van der Waals surface area (Å²) in [4.78, 5) is 14.5. The van der Waals surface area contributed by atoms with Gasteiger partial charge in [-0.05, 0) is 54.7 Å². The van der Waals surface area contributed by atoms with Gasteiger partial charge in [-0.2, -0.15) is 11.3 Å². The molecule has 0 unspecified atom stereocenters. The molecule has 1 saturated heterocycles. The van der Waals surface area contributed by atoms with E-state index in [0.717, 1.165) is 44.5 Å². The molecule has 0 spiro atoms. The smallest absolute Gasteiger partial charge is 0.227 e. The lowest BCUT2D eigenvalue weighted by Crippen LogP contribution is -2.47. The number of carbonyl (C=O) groups is 1. The van der Waals surface area contributed by atoms with Gasteiger partial charge in [0.2, 0.25) is 5.91 Å². The van der Waals surface area contributed by atoms with Crippen molar-refractivity contribution in [3.8, 4) is 0 Å². The zero-order chi connectivity index (χ0) is 12.8. The normalized spacial score (nSPS) is 16.7. The molecule has 0 bridgehead atoms. The molecule has 0 aliphatic carbocycles. The van der Waals surface area contributed by atoms with Gasteiger partial charge >= 0.3 is 0 Å². The van der Waals surface area contributed by atoms with Gasteiger partial charge in [0, 0.05) is 12.6 Å². The van der Waals surface area contributed by atoms with Crippen LogP contribution in [0.1, 0.15) is 31.7 Å². The third kappa shape index (κ3) is 3.56. The molecule has 1 amide bonds. The second-order valence-corrected chi connectivity index (χ2v) is 5.66. The number of nitrogens with zero attached hydrogens (tertiary/aromatic N) is 1. The predicted molar refractivity (Wildman–Crippen MR) is 75.9 cm³/mol. The Morgan fingerprint density at radius 3 is 2.89 bits per heavy atom. The van der Waals surface area contributed by atoms with Crippen LogP contribution in [-0.2, 0) is 11.2 Å². The molecule has 1 fully saturated rings. The first-order valence-corrected chi connectivity index (χ1v) is 7.76. The van der Waals surface area contributed by atoms with Crippen LogP contribution in [-0.4, -0.2) is 36.5 Å². The molecule has 1 aliphatic rings. The summed E-state index contributed by atoms with van der Waals surface area (Å²) in [6, 6.07) is 2.49. The first kappa shape index (κ1) is 13.6. The largest absolute Gasteiger partial charge is 0.339 e. The SMILES string of the molecule is CCCN(C(=O)Cc1ccsc1)C1CCNCC1. The highest BCUT2D eigenvalue weighted by Crippen LogP contribution is 2.15. The lowest BCUT2D eigenvalue weighted by molar-refractivity contribution is -0.133. The van der Waals surface area contributed by atoms with Crippen molar-refractivity contribution in [2.75, 3.05) is 19.6 Å². The Labute approximate surface area is 113 Å². The van der Waals surface area contributed by atoms with Gasteiger partial charge in [0.05, 0.1) is 6.42 Å². The minimum absolute atomic E-state index is 0.294. The van der Waals surface area contributed by atoms with Crippen LogP contribution in [0.25, 0.3) is 0 Å². The van der Waals surface area contributed by atoms with Crippen molar-refractivity contribution in [2.24, 2.45) is 0 Å². The molecule has 0 aromatic carbocycles. The Morgan fingerprint density at radius 1 is 1.50 bits per heavy atom. The van der Waals surface area contributed by atoms with Crippen LogP contribution >= 0.6 is 11.3 Å². The number of nitrogens with one attached hydrogen (secondary N) is 1. The summed E-state index contributed by atoms with van der Waals surface area (Å²) in [5.74, 6) is 0.294. The van der Waals surface area contributed by atoms with E-state index in [-0.39, 0.29) is 0 Å². The fourth-order valence-corrected chi connectivity index (χ4v) is 3.21. The summed E-state index contributed by atoms with van der Waals surface area (Å²) in [6.45, 7) is 5.12. The van der Waals surface area contributed by atoms with Crippen molar-refractivity contribution in [3.05, 3.63) is 22.4 Å². The maximum Gasteiger partial charge on any atom is 0.227 e. The molecule has 1 aromatic heterocycles. The molecule has 18 heavy (non-hydrogen) atoms. The summed E-state index contributed by atoms with van der Waals surface area (Å²) < 4.78 is 0. The summed E-state index contributed by atoms with van der Waals surface area (Å²) in [6.07, 6.45) is 3.79. The molecule has 1 aromatic rings. The van der Waals surface area contributed by atoms with Crippen LogP contribution in [0.3, 0.4) is 0 Å². The Morgan fingerprint density at radius 2 is 2.28 bits per heavy atom. The van der Waals surface area contributed by atoms with Gasteiger partial charge in [-0.25, -0.2) is 0 Å². The average Bonchev–Trinajstić information content (AvgIpc) is 2.89. The van der Waals surface area contributed by atoms with Crippen LogP contribution < -0.4 is 5.32 Å². The van der Waals surface area contributed by atoms with Gasteiger partial charge in [-0.15, -0.1) is 0 Å². The number of piperidine rings is 1. The first-order valence-electron chi connectivity index (χ1n) is 6.82. The molecule has 0 radical (unpaired) electrons. The Balaban J connectivity index is 1.97. The van der Waals surface area contributed by atoms with Gasteiger partial charge in [0.1, 0.15) is 0 Å². The Hall–Kier alpha value is -0.870. The van der Waals surface area contributed by atoms with E-state index >= 15 is 0 Å². The fourth-order valence-electron chi connectivity index (χ4n) is 2.54. The highest BCUT2D eigenvalue weighted by atomic mass is 32.1. The predicted octanol–water partition coefficient (Wildman–Crippen LogP) is 2.28. The first-order chi connectivity index (χ1) is 8.81. The molecular weight excluding hydrogens is 244 g/mol. The lowest BCUT2D eigenvalue weighted by Gasteiger charge is -2.34. The minimum Gasteiger partial charge on any atom is -0.339 e. The minimum atomic E-state index is 0.294. The lowest BCUT2D eigenvalue weighted by atomic mass is 10.0. The van der Waals surface area contributed by atoms with Gasteiger partial charge in [0.25, 0.3) is 0 Å². The van der Waals surface area contributed by atoms with Crippen LogP contribution in [0.15, 0.2) is 16.8 Å². The molecule has 2 heterocycles. The number of carbonyl (C=O) groups excluding carboxylic acids is 1. The molecular formula is C14H22N2OS. The number of rotatable bonds is 5. The van der Waals surface area contributed by atoms with E-state index in [2.05, 4.69) is 28.6 Å². The van der Waals surface area contributed by atoms with E-state index in [4.69, 9.17) is 0 Å². The zero-order valence-corrected chi connectivity index (χ0v) is 11.8. The summed E-state index contributed by atoms with van der Waals surface area (Å²) in [5, 5.41) is 7.47. The maximum atomic E-state index is 12.4. The van der Waals surface area contributed by atoms with Crippen molar-refractivity contribution in [1.82, 2.24) is 10.2 Å². The molecule has 1 N–H and O–H groups in total. The number of thiophene rings is 1. The van der Waals surface area contributed by atoms with Crippen LogP contribution in [0.2, 0.25) is 0 Å². The third-order valence-electron chi connectivity index (χ3n) is 3.47. The van der Waals surface area contributed by atoms with Gasteiger partial charge < -0.3 is 10.2 Å². The Kier molecular flexibility index (Phi) is 5.20. The second kappa shape index (κ2) is 6.90. The molecule has 2 rings (SSSR count). The number of amides is 1. The average molecular weight is 266 g/mol. The molecule has 0 saturated carbocycles. The van der Waals surface area contributed by atoms with Crippen LogP contribution in [0.5, 0.6) is 0 Å². The zero-order valence-electron chi connectivity index (χ0n) is 11.0. The third-order valence-corrected chi connectivity index (χ3v) is 4.20. The second-order valence-electron chi connectivity index (χ2n) is 4.88. The van der Waals surface area contributed by atoms with Gasteiger partial charge in [-0.3, -0.25) is 4.79 Å². The summed E-state index contributed by atoms with van der Waals surface area (Å²) >= 11 is 1.66. The van der Waals surface area contributed by atoms with Gasteiger partial charge in [-0.1, -0.05) is 6.92 Å². The quantitative estimate of drug-likeness (QED) is 0.887. The Bertz CT molecular complexity index is 358. The van der Waals surface area contributed by atoms with Crippen molar-refractivity contribution in [2.45, 2.75) is 38.6 Å². The fraction of sp³-hybridized carbons (Fsp3) is 0.643. The molecule has 3 nitrogen and oxygen atoms in total. The van der Waals surface area contributed by atoms with Crippen molar-refractivity contribution < 1.29 is 4.79 Å². The van der Waals surface area contributed by atoms with Crippen LogP contribution in [0, 0.1) is 0 Å². The van der Waals surface area contributed by atoms with Crippen LogP contribution in [0.4, 0.5) is 0 Å². The van der Waals surface area contributed by atoms with Gasteiger partial charge in [0.15, 0.2) is 0 Å². The monoisotopic (exact) mass is 266 g/mol. The van der Waals surface area contributed by atoms with Crippen molar-refractivity contribution >= 4 is 17.2 Å². The molecule has 1 aliphatic heterocycles. The van der Waals surface area contributed by atoms with Crippen molar-refractivity contribution in [3.63, 3.8) is 0 Å². The maximum absolute atomic E-state index is 12.4. The highest BCUT2D eigenvalue weighted by Gasteiger charge is 2.24. The summed E-state index contributed by atoms with van der Waals surface area (Å²) in [5.41, 5.74) is 1.15. The van der Waals surface area contributed by atoms with E-state index < -0.39 is 0 Å². The molecule has 100 valence electrons. The molecule has 4 heteroatoms. The van der Waals surface area contributed by atoms with E-state index in [1.54, 1.807) is 11.3 Å². The standard InChI is InChI=1S/C14H22N2OS/c1-2-8-16(13-3-6-15-7-4-13)14(17)10-12-5-9-18-11-12/h5,9,11,13,15H,2-4,6-8,10H2,1H3. The van der Waals surface area contributed by atoms with E-state index in [0.29, 0.717) is 18.4 Å². The number of hydrogen-bond donors (Lipinski definition) is 1. The van der Waals surface area contributed by atoms with E-state index in [1.807, 2.05) is 5.38 Å². The summed E-state index contributed by atoms with van der Waals surface area (Å²) in [7, 11) is 0. The van der Waals surface area contributed by atoms with Crippen molar-refractivity contribution in [1.29, 1.82) is 0 Å². The van der Waals surface area contributed by atoms with E-state index in [9.17, 15) is 4.79 Å². The molecule has 0 atom stereocenters. The number of hydrogen-bond acceptors (Lipinski definition) is 3. The topological polar surface area (TPSA) is 32.3 Å². The van der Waals surface area contributed by atoms with E-state index in [1.165, 1.54) is 0 Å². The highest BCUT2D eigenvalue weighted by molar-refractivity contribution is 7.07.